The van der Waals surface area contributed by atoms with Crippen LogP contribution in [0.15, 0.2) is 12.2 Å². The molecule has 0 fully saturated rings. The van der Waals surface area contributed by atoms with Crippen LogP contribution in [-0.4, -0.2) is 19.6 Å². The van der Waals surface area contributed by atoms with Crippen molar-refractivity contribution in [2.24, 2.45) is 0 Å². The molecule has 0 atom stereocenters. The minimum absolute atomic E-state index is 0.0715. The van der Waals surface area contributed by atoms with Crippen molar-refractivity contribution in [1.82, 2.24) is 10.6 Å². The Morgan fingerprint density at radius 2 is 1.22 bits per heavy atom. The zero-order chi connectivity index (χ0) is 17.0. The van der Waals surface area contributed by atoms with Crippen LogP contribution in [0.2, 0.25) is 0 Å². The normalized spacial score (nSPS) is 11.0. The monoisotopic (exact) mass is 324 g/mol. The Morgan fingerprint density at radius 1 is 0.739 bits per heavy atom. The van der Waals surface area contributed by atoms with Crippen LogP contribution in [0.25, 0.3) is 0 Å². The van der Waals surface area contributed by atoms with Gasteiger partial charge in [-0.3, -0.25) is 0 Å². The lowest BCUT2D eigenvalue weighted by atomic mass is 10.1. The molecule has 0 bridgehead atoms. The van der Waals surface area contributed by atoms with E-state index in [0.29, 0.717) is 0 Å². The van der Waals surface area contributed by atoms with Crippen molar-refractivity contribution >= 4 is 6.03 Å². The van der Waals surface area contributed by atoms with Gasteiger partial charge in [0.15, 0.2) is 0 Å². The Hall–Kier alpha value is -0.990. The Balaban J connectivity index is 3.09. The third kappa shape index (κ3) is 19.0. The van der Waals surface area contributed by atoms with Gasteiger partial charge in [0.2, 0.25) is 0 Å². The van der Waals surface area contributed by atoms with Gasteiger partial charge in [-0.2, -0.15) is 0 Å². The van der Waals surface area contributed by atoms with Crippen molar-refractivity contribution in [1.29, 1.82) is 0 Å². The predicted octanol–water partition coefficient (Wildman–Crippen LogP) is 5.95. The molecule has 0 unspecified atom stereocenters. The number of unbranched alkanes of at least 4 members (excludes halogenated alkanes) is 12. The van der Waals surface area contributed by atoms with E-state index in [1.165, 1.54) is 83.5 Å². The summed E-state index contributed by atoms with van der Waals surface area (Å²) in [5.74, 6) is 0. The number of hydrogen-bond acceptors (Lipinski definition) is 1. The van der Waals surface area contributed by atoms with Gasteiger partial charge in [-0.05, 0) is 32.1 Å². The maximum atomic E-state index is 10.9. The average molecular weight is 325 g/mol. The van der Waals surface area contributed by atoms with Crippen molar-refractivity contribution in [2.75, 3.05) is 13.6 Å². The molecule has 0 heterocycles. The molecule has 23 heavy (non-hydrogen) atoms. The number of amides is 2. The molecule has 0 aromatic rings. The fourth-order valence-electron chi connectivity index (χ4n) is 2.66. The van der Waals surface area contributed by atoms with Gasteiger partial charge in [-0.15, -0.1) is 0 Å². The second-order valence-corrected chi connectivity index (χ2v) is 6.44. The first-order valence-corrected chi connectivity index (χ1v) is 9.91. The highest BCUT2D eigenvalue weighted by Gasteiger charge is 1.95. The molecule has 136 valence electrons. The molecule has 2 N–H and O–H groups in total. The van der Waals surface area contributed by atoms with Crippen LogP contribution < -0.4 is 10.6 Å². The number of nitrogens with one attached hydrogen (secondary N) is 2. The van der Waals surface area contributed by atoms with Crippen molar-refractivity contribution < 1.29 is 4.79 Å². The first kappa shape index (κ1) is 22.0. The summed E-state index contributed by atoms with van der Waals surface area (Å²) < 4.78 is 0. The summed E-state index contributed by atoms with van der Waals surface area (Å²) in [6.45, 7) is 3.06. The summed E-state index contributed by atoms with van der Waals surface area (Å²) in [6, 6.07) is -0.0715. The number of rotatable bonds is 16. The lowest BCUT2D eigenvalue weighted by Gasteiger charge is -2.04. The average Bonchev–Trinajstić information content (AvgIpc) is 2.57. The van der Waals surface area contributed by atoms with E-state index in [2.05, 4.69) is 29.7 Å². The molecule has 0 aliphatic carbocycles. The molecule has 3 heteroatoms. The zero-order valence-electron chi connectivity index (χ0n) is 15.7. The molecular weight excluding hydrogens is 284 g/mol. The van der Waals surface area contributed by atoms with Crippen LogP contribution >= 0.6 is 0 Å². The van der Waals surface area contributed by atoms with E-state index in [9.17, 15) is 4.79 Å². The Kier molecular flexibility index (Phi) is 18.2. The fourth-order valence-corrected chi connectivity index (χ4v) is 2.66. The summed E-state index contributed by atoms with van der Waals surface area (Å²) in [6.07, 6.45) is 23.2. The summed E-state index contributed by atoms with van der Waals surface area (Å²) >= 11 is 0. The van der Waals surface area contributed by atoms with Crippen LogP contribution in [0.5, 0.6) is 0 Å². The van der Waals surface area contributed by atoms with Gasteiger partial charge in [-0.25, -0.2) is 4.79 Å². The molecule has 0 saturated heterocycles. The highest BCUT2D eigenvalue weighted by Crippen LogP contribution is 2.09. The van der Waals surface area contributed by atoms with Crippen LogP contribution in [0.3, 0.4) is 0 Å². The molecule has 0 aromatic carbocycles. The second kappa shape index (κ2) is 19.1. The number of urea groups is 1. The summed E-state index contributed by atoms with van der Waals surface area (Å²) in [4.78, 5) is 10.9. The van der Waals surface area contributed by atoms with E-state index in [1.807, 2.05) is 0 Å². The van der Waals surface area contributed by atoms with Gasteiger partial charge in [0.1, 0.15) is 0 Å². The maximum Gasteiger partial charge on any atom is 0.314 e. The minimum Gasteiger partial charge on any atom is -0.341 e. The van der Waals surface area contributed by atoms with Crippen molar-refractivity contribution in [3.8, 4) is 0 Å². The van der Waals surface area contributed by atoms with E-state index in [1.54, 1.807) is 7.05 Å². The van der Waals surface area contributed by atoms with Gasteiger partial charge in [0, 0.05) is 13.6 Å². The summed E-state index contributed by atoms with van der Waals surface area (Å²) in [5.41, 5.74) is 0. The number of carbonyl (C=O) groups is 1. The number of carbonyl (C=O) groups excluding carboxylic acids is 1. The Labute approximate surface area is 144 Å². The van der Waals surface area contributed by atoms with E-state index in [4.69, 9.17) is 0 Å². The van der Waals surface area contributed by atoms with E-state index >= 15 is 0 Å². The van der Waals surface area contributed by atoms with Crippen molar-refractivity contribution in [3.63, 3.8) is 0 Å². The van der Waals surface area contributed by atoms with E-state index in [-0.39, 0.29) is 6.03 Å². The van der Waals surface area contributed by atoms with Gasteiger partial charge in [0.25, 0.3) is 0 Å². The van der Waals surface area contributed by atoms with Crippen LogP contribution in [0.1, 0.15) is 96.8 Å². The lowest BCUT2D eigenvalue weighted by molar-refractivity contribution is 0.242. The first-order valence-electron chi connectivity index (χ1n) is 9.91. The molecular formula is C20H40N2O. The van der Waals surface area contributed by atoms with Gasteiger partial charge >= 0.3 is 6.03 Å². The molecule has 3 nitrogen and oxygen atoms in total. The largest absolute Gasteiger partial charge is 0.341 e. The van der Waals surface area contributed by atoms with E-state index < -0.39 is 0 Å². The molecule has 0 saturated carbocycles. The minimum atomic E-state index is -0.0715. The van der Waals surface area contributed by atoms with Gasteiger partial charge in [0.05, 0.1) is 0 Å². The molecule has 0 rings (SSSR count). The fraction of sp³-hybridized carbons (Fsp3) is 0.850. The van der Waals surface area contributed by atoms with Gasteiger partial charge < -0.3 is 10.6 Å². The van der Waals surface area contributed by atoms with Crippen LogP contribution in [0.4, 0.5) is 4.79 Å². The molecule has 0 aliphatic rings. The number of allylic oxidation sites excluding steroid dienone is 2. The second-order valence-electron chi connectivity index (χ2n) is 6.44. The molecule has 2 amide bonds. The summed E-state index contributed by atoms with van der Waals surface area (Å²) in [5, 5.41) is 5.39. The molecule has 0 spiro atoms. The third-order valence-corrected chi connectivity index (χ3v) is 4.20. The highest BCUT2D eigenvalue weighted by atomic mass is 16.2. The number of hydrogen-bond donors (Lipinski definition) is 2. The maximum absolute atomic E-state index is 10.9. The summed E-state index contributed by atoms with van der Waals surface area (Å²) in [7, 11) is 1.65. The van der Waals surface area contributed by atoms with Crippen molar-refractivity contribution in [3.05, 3.63) is 12.2 Å². The lowest BCUT2D eigenvalue weighted by Crippen LogP contribution is -2.33. The Morgan fingerprint density at radius 3 is 1.74 bits per heavy atom. The topological polar surface area (TPSA) is 41.1 Å². The highest BCUT2D eigenvalue weighted by molar-refractivity contribution is 5.73. The smallest absolute Gasteiger partial charge is 0.314 e. The Bertz CT molecular complexity index is 277. The van der Waals surface area contributed by atoms with Gasteiger partial charge in [-0.1, -0.05) is 76.9 Å². The van der Waals surface area contributed by atoms with E-state index in [0.717, 1.165) is 13.0 Å². The third-order valence-electron chi connectivity index (χ3n) is 4.20. The quantitative estimate of drug-likeness (QED) is 0.267. The molecule has 0 aromatic heterocycles. The van der Waals surface area contributed by atoms with Crippen LogP contribution in [-0.2, 0) is 0 Å². The van der Waals surface area contributed by atoms with Crippen LogP contribution in [0, 0.1) is 0 Å². The predicted molar refractivity (Wildman–Crippen MR) is 102 cm³/mol. The molecule has 0 aliphatic heterocycles. The SMILES string of the molecule is CCCCCCCC/C=C\CCCCCCCCNC(=O)NC. The first-order chi connectivity index (χ1) is 11.3. The van der Waals surface area contributed by atoms with Crippen molar-refractivity contribution in [2.45, 2.75) is 96.8 Å². The molecule has 0 radical (unpaired) electrons. The standard InChI is InChI=1S/C20H40N2O/c1-3-4-5-6-7-8-9-10-11-12-13-14-15-16-17-18-19-22-20(23)21-2/h10-11H,3-9,12-19H2,1-2H3,(H2,21,22,23)/b11-10-. The zero-order valence-corrected chi connectivity index (χ0v) is 15.7.